The third kappa shape index (κ3) is 6.35. The molecule has 1 saturated heterocycles. The number of nitrogens with zero attached hydrogens (tertiary/aromatic N) is 3. The highest BCUT2D eigenvalue weighted by Gasteiger charge is 2.37. The van der Waals surface area contributed by atoms with E-state index in [1.807, 2.05) is 23.1 Å². The van der Waals surface area contributed by atoms with E-state index in [0.717, 1.165) is 64.3 Å². The van der Waals surface area contributed by atoms with Gasteiger partial charge in [-0.15, -0.1) is 0 Å². The number of ether oxygens (including phenoxy) is 1. The lowest BCUT2D eigenvalue weighted by Gasteiger charge is -2.45. The number of aromatic nitrogens is 1. The van der Waals surface area contributed by atoms with Gasteiger partial charge in [-0.25, -0.2) is 0 Å². The number of benzene rings is 1. The van der Waals surface area contributed by atoms with Crippen LogP contribution in [0.3, 0.4) is 0 Å². The predicted octanol–water partition coefficient (Wildman–Crippen LogP) is 5.07. The van der Waals surface area contributed by atoms with Crippen LogP contribution in [0.1, 0.15) is 62.0 Å². The van der Waals surface area contributed by atoms with Gasteiger partial charge in [-0.1, -0.05) is 44.5 Å². The first-order chi connectivity index (χ1) is 16.0. The van der Waals surface area contributed by atoms with Crippen LogP contribution in [0.4, 0.5) is 0 Å². The number of fused-ring (bicyclic) bond motifs is 1. The van der Waals surface area contributed by atoms with Gasteiger partial charge in [0.15, 0.2) is 0 Å². The minimum absolute atomic E-state index is 0.0719. The van der Waals surface area contributed by atoms with Crippen molar-refractivity contribution in [2.75, 3.05) is 39.3 Å². The monoisotopic (exact) mass is 449 g/mol. The Hall–Kier alpha value is -2.40. The topological polar surface area (TPSA) is 45.7 Å². The normalized spacial score (nSPS) is 19.9. The third-order valence-electron chi connectivity index (χ3n) is 7.22. The molecule has 1 fully saturated rings. The van der Waals surface area contributed by atoms with Gasteiger partial charge in [-0.05, 0) is 67.2 Å². The number of amides is 1. The van der Waals surface area contributed by atoms with Gasteiger partial charge in [0.2, 0.25) is 0 Å². The molecule has 2 aliphatic rings. The summed E-state index contributed by atoms with van der Waals surface area (Å²) >= 11 is 0. The number of carbonyl (C=O) groups is 1. The Morgan fingerprint density at radius 3 is 2.58 bits per heavy atom. The van der Waals surface area contributed by atoms with Crippen LogP contribution in [0.15, 0.2) is 48.7 Å². The van der Waals surface area contributed by atoms with Crippen molar-refractivity contribution in [1.29, 1.82) is 0 Å². The summed E-state index contributed by atoms with van der Waals surface area (Å²) in [7, 11) is 0. The fraction of sp³-hybridized carbons (Fsp3) is 0.571. The molecule has 178 valence electrons. The van der Waals surface area contributed by atoms with Gasteiger partial charge in [-0.3, -0.25) is 14.7 Å². The molecule has 0 atom stereocenters. The zero-order valence-electron chi connectivity index (χ0n) is 20.3. The molecule has 1 aromatic carbocycles. The standard InChI is InChI=1S/C28H39N3O2/c1-23(2)21-30-19-20-33-26-12-4-3-9-24(26)10-5-7-13-28(22-30)14-17-31(18-15-28)27(32)25-11-6-8-16-29-25/h3-4,6,8-9,11-12,16,23H,5,7,10,13-15,17-22H2,1-2H3. The Bertz CT molecular complexity index is 891. The van der Waals surface area contributed by atoms with E-state index in [9.17, 15) is 4.79 Å². The van der Waals surface area contributed by atoms with Crippen LogP contribution in [0.2, 0.25) is 0 Å². The van der Waals surface area contributed by atoms with Crippen LogP contribution < -0.4 is 4.74 Å². The van der Waals surface area contributed by atoms with Crippen LogP contribution in [0.25, 0.3) is 0 Å². The van der Waals surface area contributed by atoms with Crippen molar-refractivity contribution >= 4 is 5.91 Å². The molecule has 0 unspecified atom stereocenters. The average Bonchev–Trinajstić information content (AvgIpc) is 2.82. The molecule has 1 amide bonds. The summed E-state index contributed by atoms with van der Waals surface area (Å²) in [6.07, 6.45) is 8.55. The molecule has 2 aliphatic heterocycles. The van der Waals surface area contributed by atoms with Crippen LogP contribution in [-0.2, 0) is 6.42 Å². The summed E-state index contributed by atoms with van der Waals surface area (Å²) in [5.41, 5.74) is 2.16. The van der Waals surface area contributed by atoms with Gasteiger partial charge in [0, 0.05) is 38.9 Å². The fourth-order valence-electron chi connectivity index (χ4n) is 5.50. The highest BCUT2D eigenvalue weighted by atomic mass is 16.5. The molecule has 5 nitrogen and oxygen atoms in total. The maximum absolute atomic E-state index is 12.9. The minimum atomic E-state index is 0.0719. The average molecular weight is 450 g/mol. The number of pyridine rings is 1. The van der Waals surface area contributed by atoms with Crippen molar-refractivity contribution in [2.24, 2.45) is 11.3 Å². The van der Waals surface area contributed by atoms with Crippen molar-refractivity contribution < 1.29 is 9.53 Å². The van der Waals surface area contributed by atoms with Gasteiger partial charge in [0.1, 0.15) is 18.1 Å². The number of rotatable bonds is 3. The molecule has 1 spiro atoms. The van der Waals surface area contributed by atoms with Crippen molar-refractivity contribution in [1.82, 2.24) is 14.8 Å². The first-order valence-corrected chi connectivity index (χ1v) is 12.7. The maximum Gasteiger partial charge on any atom is 0.272 e. The van der Waals surface area contributed by atoms with Crippen molar-refractivity contribution in [3.05, 3.63) is 59.9 Å². The lowest BCUT2D eigenvalue weighted by Crippen LogP contribution is -2.49. The first-order valence-electron chi connectivity index (χ1n) is 12.7. The maximum atomic E-state index is 12.9. The summed E-state index contributed by atoms with van der Waals surface area (Å²) in [6.45, 7) is 10.1. The Labute approximate surface area is 199 Å². The highest BCUT2D eigenvalue weighted by Crippen LogP contribution is 2.38. The van der Waals surface area contributed by atoms with Gasteiger partial charge in [-0.2, -0.15) is 0 Å². The molecule has 2 aromatic rings. The summed E-state index contributed by atoms with van der Waals surface area (Å²) in [6, 6.07) is 14.1. The number of aryl methyl sites for hydroxylation is 1. The summed E-state index contributed by atoms with van der Waals surface area (Å²) in [5, 5.41) is 0. The van der Waals surface area contributed by atoms with Gasteiger partial charge in [0.05, 0.1) is 0 Å². The molecule has 4 rings (SSSR count). The number of para-hydroxylation sites is 1. The molecular weight excluding hydrogens is 410 g/mol. The molecule has 0 bridgehead atoms. The van der Waals surface area contributed by atoms with Gasteiger partial charge >= 0.3 is 0 Å². The lowest BCUT2D eigenvalue weighted by molar-refractivity contribution is 0.0351. The summed E-state index contributed by atoms with van der Waals surface area (Å²) in [4.78, 5) is 21.8. The second-order valence-corrected chi connectivity index (χ2v) is 10.3. The van der Waals surface area contributed by atoms with Crippen molar-refractivity contribution in [3.63, 3.8) is 0 Å². The number of carbonyl (C=O) groups excluding carboxylic acids is 1. The van der Waals surface area contributed by atoms with E-state index in [4.69, 9.17) is 4.74 Å². The zero-order chi connectivity index (χ0) is 23.1. The van der Waals surface area contributed by atoms with E-state index in [-0.39, 0.29) is 11.3 Å². The van der Waals surface area contributed by atoms with Gasteiger partial charge in [0.25, 0.3) is 5.91 Å². The molecule has 0 saturated carbocycles. The highest BCUT2D eigenvalue weighted by molar-refractivity contribution is 5.92. The molecule has 3 heterocycles. The Morgan fingerprint density at radius 1 is 1.03 bits per heavy atom. The largest absolute Gasteiger partial charge is 0.492 e. The van der Waals surface area contributed by atoms with E-state index >= 15 is 0 Å². The van der Waals surface area contributed by atoms with Crippen molar-refractivity contribution in [2.45, 2.75) is 52.4 Å². The smallest absolute Gasteiger partial charge is 0.272 e. The second kappa shape index (κ2) is 11.1. The van der Waals surface area contributed by atoms with E-state index in [1.165, 1.54) is 24.8 Å². The van der Waals surface area contributed by atoms with Crippen molar-refractivity contribution in [3.8, 4) is 5.75 Å². The fourth-order valence-corrected chi connectivity index (χ4v) is 5.50. The van der Waals surface area contributed by atoms with Gasteiger partial charge < -0.3 is 9.64 Å². The van der Waals surface area contributed by atoms with Crippen LogP contribution in [0, 0.1) is 11.3 Å². The second-order valence-electron chi connectivity index (χ2n) is 10.3. The van der Waals surface area contributed by atoms with E-state index in [0.29, 0.717) is 11.6 Å². The quantitative estimate of drug-likeness (QED) is 0.657. The molecule has 0 radical (unpaired) electrons. The number of hydrogen-bond donors (Lipinski definition) is 0. The SMILES string of the molecule is CC(C)CN1CCOc2ccccc2CCCCC2(CCN(C(=O)c3ccccn3)CC2)C1. The van der Waals surface area contributed by atoms with E-state index in [1.54, 1.807) is 6.20 Å². The number of piperidine rings is 1. The van der Waals surface area contributed by atoms with Crippen LogP contribution in [0.5, 0.6) is 5.75 Å². The molecule has 33 heavy (non-hydrogen) atoms. The zero-order valence-corrected chi connectivity index (χ0v) is 20.3. The Kier molecular flexibility index (Phi) is 8.02. The third-order valence-corrected chi connectivity index (χ3v) is 7.22. The number of hydrogen-bond acceptors (Lipinski definition) is 4. The Balaban J connectivity index is 1.46. The summed E-state index contributed by atoms with van der Waals surface area (Å²) in [5.74, 6) is 1.74. The molecule has 0 aliphatic carbocycles. The molecular formula is C28H39N3O2. The van der Waals surface area contributed by atoms with E-state index < -0.39 is 0 Å². The Morgan fingerprint density at radius 2 is 1.82 bits per heavy atom. The molecule has 0 N–H and O–H groups in total. The molecule has 1 aromatic heterocycles. The summed E-state index contributed by atoms with van der Waals surface area (Å²) < 4.78 is 6.24. The van der Waals surface area contributed by atoms with E-state index in [2.05, 4.69) is 48.0 Å². The minimum Gasteiger partial charge on any atom is -0.492 e. The predicted molar refractivity (Wildman–Crippen MR) is 133 cm³/mol. The van der Waals surface area contributed by atoms with Crippen LogP contribution >= 0.6 is 0 Å². The first kappa shape index (κ1) is 23.7. The lowest BCUT2D eigenvalue weighted by atomic mass is 9.73. The van der Waals surface area contributed by atoms with Crippen LogP contribution in [-0.4, -0.2) is 60.0 Å². The molecule has 5 heteroatoms. The number of likely N-dealkylation sites (tertiary alicyclic amines) is 1.